The zero-order chi connectivity index (χ0) is 8.55. The van der Waals surface area contributed by atoms with E-state index in [4.69, 9.17) is 9.52 Å². The number of rotatable bonds is 1. The summed E-state index contributed by atoms with van der Waals surface area (Å²) in [4.78, 5) is 10.2. The number of furan rings is 1. The Morgan fingerprint density at radius 2 is 2.08 bits per heavy atom. The first-order chi connectivity index (χ1) is 5.83. The average Bonchev–Trinajstić information content (AvgIpc) is 2.40. The highest BCUT2D eigenvalue weighted by atomic mass is 16.5. The van der Waals surface area contributed by atoms with Crippen LogP contribution in [0.15, 0.2) is 33.9 Å². The Bertz CT molecular complexity index is 433. The smallest absolute Gasteiger partial charge is 0.313 e. The van der Waals surface area contributed by atoms with Gasteiger partial charge in [0.15, 0.2) is 5.69 Å². The van der Waals surface area contributed by atoms with Crippen molar-refractivity contribution in [2.75, 3.05) is 0 Å². The monoisotopic (exact) mass is 163 g/mol. The average molecular weight is 163 g/mol. The third-order valence-electron chi connectivity index (χ3n) is 1.64. The lowest BCUT2D eigenvalue weighted by molar-refractivity contribution is 0.348. The summed E-state index contributed by atoms with van der Waals surface area (Å²) in [5.41, 5.74) is 0.426. The molecule has 2 rings (SSSR count). The van der Waals surface area contributed by atoms with Crippen LogP contribution in [0.1, 0.15) is 0 Å². The van der Waals surface area contributed by atoms with Crippen LogP contribution in [0.5, 0.6) is 5.95 Å². The van der Waals surface area contributed by atoms with E-state index >= 15 is 0 Å². The molecule has 0 aliphatic heterocycles. The molecule has 12 heavy (non-hydrogen) atoms. The molecule has 0 bridgehead atoms. The van der Waals surface area contributed by atoms with Gasteiger partial charge in [-0.2, -0.15) is 0 Å². The normalized spacial score (nSPS) is 10.3. The van der Waals surface area contributed by atoms with Crippen LogP contribution in [-0.4, -0.2) is 5.11 Å². The first-order valence-electron chi connectivity index (χ1n) is 3.37. The summed E-state index contributed by atoms with van der Waals surface area (Å²) in [7, 11) is 0. The molecule has 4 heteroatoms. The molecular formula is C8H5NO3. The molecule has 1 aromatic carbocycles. The predicted molar refractivity (Wildman–Crippen MR) is 43.3 cm³/mol. The molecule has 0 aliphatic rings. The van der Waals surface area contributed by atoms with E-state index in [1.165, 1.54) is 0 Å². The molecule has 0 atom stereocenters. The van der Waals surface area contributed by atoms with Gasteiger partial charge < -0.3 is 9.52 Å². The molecule has 1 heterocycles. The summed E-state index contributed by atoms with van der Waals surface area (Å²) in [6.07, 6.45) is 0. The molecule has 1 aromatic heterocycles. The summed E-state index contributed by atoms with van der Waals surface area (Å²) >= 11 is 0. The predicted octanol–water partition coefficient (Wildman–Crippen LogP) is 2.54. The second kappa shape index (κ2) is 2.34. The van der Waals surface area contributed by atoms with Gasteiger partial charge in [0.05, 0.1) is 5.39 Å². The minimum atomic E-state index is -0.425. The van der Waals surface area contributed by atoms with E-state index in [-0.39, 0.29) is 5.69 Å². The SMILES string of the molecule is O=Nc1c(O)oc2ccccc12. The molecule has 0 saturated heterocycles. The summed E-state index contributed by atoms with van der Waals surface area (Å²) in [6, 6.07) is 6.81. The minimum absolute atomic E-state index is 0.0365. The van der Waals surface area contributed by atoms with Crippen LogP contribution in [0.4, 0.5) is 5.69 Å². The number of fused-ring (bicyclic) bond motifs is 1. The Balaban J connectivity index is 2.90. The van der Waals surface area contributed by atoms with Crippen molar-refractivity contribution < 1.29 is 9.52 Å². The Morgan fingerprint density at radius 1 is 1.33 bits per heavy atom. The molecule has 1 N–H and O–H groups in total. The first-order valence-corrected chi connectivity index (χ1v) is 3.37. The summed E-state index contributed by atoms with van der Waals surface area (Å²) in [5, 5.41) is 12.3. The van der Waals surface area contributed by atoms with E-state index in [9.17, 15) is 4.91 Å². The lowest BCUT2D eigenvalue weighted by atomic mass is 10.2. The van der Waals surface area contributed by atoms with Crippen molar-refractivity contribution in [3.8, 4) is 5.95 Å². The van der Waals surface area contributed by atoms with Crippen molar-refractivity contribution in [1.29, 1.82) is 0 Å². The highest BCUT2D eigenvalue weighted by molar-refractivity contribution is 5.91. The highest BCUT2D eigenvalue weighted by Gasteiger charge is 2.12. The van der Waals surface area contributed by atoms with Crippen LogP contribution in [0, 0.1) is 4.91 Å². The molecule has 0 aliphatic carbocycles. The van der Waals surface area contributed by atoms with Gasteiger partial charge >= 0.3 is 5.95 Å². The Morgan fingerprint density at radius 3 is 2.83 bits per heavy atom. The standard InChI is InChI=1S/C8H5NO3/c10-8-7(9-11)5-3-1-2-4-6(5)12-8/h1-4,10H. The van der Waals surface area contributed by atoms with Crippen LogP contribution in [0.2, 0.25) is 0 Å². The Hall–Kier alpha value is -1.84. The van der Waals surface area contributed by atoms with Gasteiger partial charge in [-0.05, 0) is 17.3 Å². The van der Waals surface area contributed by atoms with E-state index in [1.54, 1.807) is 24.3 Å². The van der Waals surface area contributed by atoms with Gasteiger partial charge in [-0.15, -0.1) is 4.91 Å². The van der Waals surface area contributed by atoms with Crippen molar-refractivity contribution >= 4 is 16.7 Å². The zero-order valence-corrected chi connectivity index (χ0v) is 6.02. The number of nitrogens with zero attached hydrogens (tertiary/aromatic N) is 1. The maximum absolute atomic E-state index is 10.2. The first kappa shape index (κ1) is 6.84. The van der Waals surface area contributed by atoms with Crippen molar-refractivity contribution in [2.45, 2.75) is 0 Å². The largest absolute Gasteiger partial charge is 0.479 e. The fourth-order valence-corrected chi connectivity index (χ4v) is 1.11. The van der Waals surface area contributed by atoms with Gasteiger partial charge in [0.1, 0.15) is 5.58 Å². The van der Waals surface area contributed by atoms with Crippen LogP contribution in [-0.2, 0) is 0 Å². The van der Waals surface area contributed by atoms with Gasteiger partial charge in [0, 0.05) is 0 Å². The fraction of sp³-hybridized carbons (Fsp3) is 0. The zero-order valence-electron chi connectivity index (χ0n) is 6.02. The molecule has 0 fully saturated rings. The van der Waals surface area contributed by atoms with Crippen molar-refractivity contribution in [3.63, 3.8) is 0 Å². The molecule has 0 amide bonds. The lowest BCUT2D eigenvalue weighted by Gasteiger charge is -1.82. The highest BCUT2D eigenvalue weighted by Crippen LogP contribution is 2.37. The van der Waals surface area contributed by atoms with Crippen LogP contribution < -0.4 is 0 Å². The molecule has 0 radical (unpaired) electrons. The van der Waals surface area contributed by atoms with Gasteiger partial charge in [-0.3, -0.25) is 0 Å². The summed E-state index contributed by atoms with van der Waals surface area (Å²) in [5.74, 6) is -0.425. The van der Waals surface area contributed by atoms with Gasteiger partial charge in [-0.1, -0.05) is 12.1 Å². The Kier molecular flexibility index (Phi) is 1.33. The van der Waals surface area contributed by atoms with Crippen molar-refractivity contribution in [3.05, 3.63) is 29.2 Å². The fourth-order valence-electron chi connectivity index (χ4n) is 1.11. The van der Waals surface area contributed by atoms with Gasteiger partial charge in [-0.25, -0.2) is 0 Å². The topological polar surface area (TPSA) is 62.8 Å². The van der Waals surface area contributed by atoms with Gasteiger partial charge in [0.25, 0.3) is 0 Å². The summed E-state index contributed by atoms with van der Waals surface area (Å²) in [6.45, 7) is 0. The second-order valence-electron chi connectivity index (χ2n) is 2.34. The van der Waals surface area contributed by atoms with E-state index in [1.807, 2.05) is 0 Å². The molecule has 60 valence electrons. The molecule has 4 nitrogen and oxygen atoms in total. The number of para-hydroxylation sites is 1. The summed E-state index contributed by atoms with van der Waals surface area (Å²) < 4.78 is 4.85. The maximum atomic E-state index is 10.2. The molecule has 0 spiro atoms. The Labute approximate surface area is 67.4 Å². The van der Waals surface area contributed by atoms with E-state index in [0.717, 1.165) is 0 Å². The van der Waals surface area contributed by atoms with Gasteiger partial charge in [0.2, 0.25) is 0 Å². The number of hydrogen-bond donors (Lipinski definition) is 1. The van der Waals surface area contributed by atoms with E-state index < -0.39 is 5.95 Å². The van der Waals surface area contributed by atoms with Crippen molar-refractivity contribution in [2.24, 2.45) is 5.18 Å². The quantitative estimate of drug-likeness (QED) is 0.657. The van der Waals surface area contributed by atoms with E-state index in [2.05, 4.69) is 5.18 Å². The molecule has 0 unspecified atom stereocenters. The third kappa shape index (κ3) is 0.780. The number of benzene rings is 1. The second-order valence-corrected chi connectivity index (χ2v) is 2.34. The van der Waals surface area contributed by atoms with Crippen LogP contribution >= 0.6 is 0 Å². The van der Waals surface area contributed by atoms with Crippen molar-refractivity contribution in [1.82, 2.24) is 0 Å². The third-order valence-corrected chi connectivity index (χ3v) is 1.64. The molecular weight excluding hydrogens is 158 g/mol. The molecule has 0 saturated carbocycles. The van der Waals surface area contributed by atoms with E-state index in [0.29, 0.717) is 11.0 Å². The lowest BCUT2D eigenvalue weighted by Crippen LogP contribution is -1.60. The maximum Gasteiger partial charge on any atom is 0.313 e. The van der Waals surface area contributed by atoms with Crippen LogP contribution in [0.25, 0.3) is 11.0 Å². The number of nitroso groups, excluding NO2 is 1. The molecule has 2 aromatic rings. The minimum Gasteiger partial charge on any atom is -0.479 e. The number of hydrogen-bond acceptors (Lipinski definition) is 4. The number of aromatic hydroxyl groups is 1. The van der Waals surface area contributed by atoms with Crippen LogP contribution in [0.3, 0.4) is 0 Å².